The van der Waals surface area contributed by atoms with Crippen LogP contribution in [0.1, 0.15) is 19.4 Å². The number of rotatable bonds is 4. The lowest BCUT2D eigenvalue weighted by Crippen LogP contribution is -2.42. The van der Waals surface area contributed by atoms with Crippen molar-refractivity contribution in [1.29, 1.82) is 0 Å². The molecule has 0 aliphatic heterocycles. The Bertz CT molecular complexity index is 654. The van der Waals surface area contributed by atoms with Crippen LogP contribution in [0.25, 0.3) is 11.0 Å². The number of carbonyl (C=O) groups excluding carboxylic acids is 1. The number of fused-ring (bicyclic) bond motifs is 1. The van der Waals surface area contributed by atoms with Crippen molar-refractivity contribution in [2.45, 2.75) is 19.3 Å². The van der Waals surface area contributed by atoms with E-state index in [1.807, 2.05) is 26.0 Å². The minimum absolute atomic E-state index is 0.0878. The molecule has 6 heteroatoms. The van der Waals surface area contributed by atoms with Crippen molar-refractivity contribution in [3.05, 3.63) is 34.2 Å². The zero-order valence-corrected chi connectivity index (χ0v) is 11.0. The van der Waals surface area contributed by atoms with E-state index < -0.39 is 5.41 Å². The van der Waals surface area contributed by atoms with Gasteiger partial charge in [0.1, 0.15) is 0 Å². The maximum Gasteiger partial charge on any atom is 0.323 e. The Morgan fingerprint density at radius 3 is 2.68 bits per heavy atom. The fourth-order valence-corrected chi connectivity index (χ4v) is 1.96. The molecule has 0 saturated heterocycles. The van der Waals surface area contributed by atoms with E-state index in [2.05, 4.69) is 15.3 Å². The van der Waals surface area contributed by atoms with E-state index in [0.717, 1.165) is 11.1 Å². The molecule has 0 atom stereocenters. The van der Waals surface area contributed by atoms with Gasteiger partial charge in [-0.15, -0.1) is 0 Å². The molecule has 2 rings (SSSR count). The maximum absolute atomic E-state index is 12.1. The zero-order chi connectivity index (χ0) is 14.0. The molecular formula is C13H18N4O2. The fraction of sp³-hybridized carbons (Fsp3) is 0.385. The van der Waals surface area contributed by atoms with Crippen LogP contribution in [-0.4, -0.2) is 29.0 Å². The van der Waals surface area contributed by atoms with Crippen LogP contribution >= 0.6 is 0 Å². The molecule has 0 saturated carbocycles. The Kier molecular flexibility index (Phi) is 3.44. The summed E-state index contributed by atoms with van der Waals surface area (Å²) < 4.78 is 0. The molecule has 1 aromatic carbocycles. The molecule has 1 aromatic heterocycles. The average molecular weight is 262 g/mol. The molecule has 6 nitrogen and oxygen atoms in total. The summed E-state index contributed by atoms with van der Waals surface area (Å²) in [5.74, 6) is -0.0878. The molecule has 1 amide bonds. The topological polar surface area (TPSA) is 104 Å². The molecule has 0 bridgehead atoms. The first-order valence-corrected chi connectivity index (χ1v) is 6.16. The molecular weight excluding hydrogens is 244 g/mol. The Morgan fingerprint density at radius 1 is 1.32 bits per heavy atom. The number of aromatic nitrogens is 2. The number of H-pyrrole nitrogens is 2. The smallest absolute Gasteiger partial charge is 0.323 e. The van der Waals surface area contributed by atoms with Crippen LogP contribution in [0.2, 0.25) is 0 Å². The van der Waals surface area contributed by atoms with Crippen molar-refractivity contribution in [2.75, 3.05) is 13.1 Å². The molecule has 0 aliphatic carbocycles. The quantitative estimate of drug-likeness (QED) is 0.633. The third kappa shape index (κ3) is 2.53. The Hall–Kier alpha value is -2.08. The van der Waals surface area contributed by atoms with Crippen LogP contribution in [0, 0.1) is 0 Å². The lowest BCUT2D eigenvalue weighted by atomic mass is 9.83. The lowest BCUT2D eigenvalue weighted by molar-refractivity contribution is -0.125. The second kappa shape index (κ2) is 4.89. The molecule has 5 N–H and O–H groups in total. The lowest BCUT2D eigenvalue weighted by Gasteiger charge is -2.24. The highest BCUT2D eigenvalue weighted by Gasteiger charge is 2.29. The highest BCUT2D eigenvalue weighted by Crippen LogP contribution is 2.25. The van der Waals surface area contributed by atoms with E-state index in [-0.39, 0.29) is 11.6 Å². The van der Waals surface area contributed by atoms with Gasteiger partial charge in [-0.05, 0) is 31.5 Å². The van der Waals surface area contributed by atoms with Crippen LogP contribution in [0.5, 0.6) is 0 Å². The standard InChI is InChI=1S/C13H18N4O2/c1-13(2,11(18)15-6-5-14)8-3-4-9-10(7-8)17-12(19)16-9/h3-4,7H,5-6,14H2,1-2H3,(H,15,18)(H2,16,17,19). The first-order chi connectivity index (χ1) is 8.95. The number of carbonyl (C=O) groups is 1. The second-order valence-electron chi connectivity index (χ2n) is 5.01. The highest BCUT2D eigenvalue weighted by atomic mass is 16.2. The van der Waals surface area contributed by atoms with Gasteiger partial charge in [0.05, 0.1) is 16.4 Å². The summed E-state index contributed by atoms with van der Waals surface area (Å²) in [5.41, 5.74) is 6.70. The largest absolute Gasteiger partial charge is 0.354 e. The molecule has 0 fully saturated rings. The Balaban J connectivity index is 2.36. The fourth-order valence-electron chi connectivity index (χ4n) is 1.96. The SMILES string of the molecule is CC(C)(C(=O)NCCN)c1ccc2[nH]c(=O)[nH]c2c1. The number of nitrogens with one attached hydrogen (secondary N) is 3. The molecule has 1 heterocycles. The number of amides is 1. The minimum atomic E-state index is -0.683. The van der Waals surface area contributed by atoms with Crippen LogP contribution < -0.4 is 16.7 Å². The van der Waals surface area contributed by atoms with E-state index in [9.17, 15) is 9.59 Å². The normalized spacial score (nSPS) is 11.7. The predicted molar refractivity (Wildman–Crippen MR) is 74.0 cm³/mol. The van der Waals surface area contributed by atoms with E-state index in [4.69, 9.17) is 5.73 Å². The minimum Gasteiger partial charge on any atom is -0.354 e. The molecule has 0 spiro atoms. The van der Waals surface area contributed by atoms with Gasteiger partial charge < -0.3 is 21.0 Å². The number of hydrogen-bond acceptors (Lipinski definition) is 3. The van der Waals surface area contributed by atoms with E-state index in [0.29, 0.717) is 18.6 Å². The number of imidazole rings is 1. The number of aromatic amines is 2. The van der Waals surface area contributed by atoms with Gasteiger partial charge in [0.2, 0.25) is 5.91 Å². The summed E-state index contributed by atoms with van der Waals surface area (Å²) in [5, 5.41) is 2.78. The Morgan fingerprint density at radius 2 is 2.00 bits per heavy atom. The van der Waals surface area contributed by atoms with E-state index >= 15 is 0 Å². The van der Waals surface area contributed by atoms with Crippen molar-refractivity contribution >= 4 is 16.9 Å². The van der Waals surface area contributed by atoms with Crippen molar-refractivity contribution in [3.8, 4) is 0 Å². The van der Waals surface area contributed by atoms with E-state index in [1.54, 1.807) is 6.07 Å². The van der Waals surface area contributed by atoms with Gasteiger partial charge in [-0.3, -0.25) is 4.79 Å². The Labute approximate surface area is 110 Å². The van der Waals surface area contributed by atoms with Crippen LogP contribution in [0.4, 0.5) is 0 Å². The monoisotopic (exact) mass is 262 g/mol. The summed E-state index contributed by atoms with van der Waals surface area (Å²) in [6.07, 6.45) is 0. The van der Waals surface area contributed by atoms with Crippen molar-refractivity contribution in [2.24, 2.45) is 5.73 Å². The number of nitrogens with two attached hydrogens (primary N) is 1. The van der Waals surface area contributed by atoms with Gasteiger partial charge in [-0.2, -0.15) is 0 Å². The van der Waals surface area contributed by atoms with Gasteiger partial charge in [-0.1, -0.05) is 6.07 Å². The third-order valence-corrected chi connectivity index (χ3v) is 3.24. The van der Waals surface area contributed by atoms with Crippen molar-refractivity contribution in [3.63, 3.8) is 0 Å². The summed E-state index contributed by atoms with van der Waals surface area (Å²) in [6.45, 7) is 4.53. The van der Waals surface area contributed by atoms with Gasteiger partial charge >= 0.3 is 5.69 Å². The average Bonchev–Trinajstić information content (AvgIpc) is 2.74. The molecule has 0 aliphatic rings. The van der Waals surface area contributed by atoms with Crippen LogP contribution in [-0.2, 0) is 10.2 Å². The van der Waals surface area contributed by atoms with Gasteiger partial charge in [0.25, 0.3) is 0 Å². The maximum atomic E-state index is 12.1. The third-order valence-electron chi connectivity index (χ3n) is 3.24. The number of benzene rings is 1. The van der Waals surface area contributed by atoms with Gasteiger partial charge in [0, 0.05) is 13.1 Å². The van der Waals surface area contributed by atoms with Crippen LogP contribution in [0.3, 0.4) is 0 Å². The van der Waals surface area contributed by atoms with Gasteiger partial charge in [-0.25, -0.2) is 4.79 Å². The molecule has 2 aromatic rings. The van der Waals surface area contributed by atoms with E-state index in [1.165, 1.54) is 0 Å². The predicted octanol–water partition coefficient (Wildman–Crippen LogP) is 0.209. The molecule has 0 radical (unpaired) electrons. The first kappa shape index (κ1) is 13.4. The highest BCUT2D eigenvalue weighted by molar-refractivity contribution is 5.88. The van der Waals surface area contributed by atoms with Crippen molar-refractivity contribution in [1.82, 2.24) is 15.3 Å². The zero-order valence-electron chi connectivity index (χ0n) is 11.0. The van der Waals surface area contributed by atoms with Crippen LogP contribution in [0.15, 0.2) is 23.0 Å². The summed E-state index contributed by atoms with van der Waals surface area (Å²) >= 11 is 0. The second-order valence-corrected chi connectivity index (χ2v) is 5.01. The summed E-state index contributed by atoms with van der Waals surface area (Å²) in [4.78, 5) is 28.7. The molecule has 102 valence electrons. The summed E-state index contributed by atoms with van der Waals surface area (Å²) in [7, 11) is 0. The number of hydrogen-bond donors (Lipinski definition) is 4. The first-order valence-electron chi connectivity index (χ1n) is 6.16. The molecule has 0 unspecified atom stereocenters. The summed E-state index contributed by atoms with van der Waals surface area (Å²) in [6, 6.07) is 5.45. The van der Waals surface area contributed by atoms with Gasteiger partial charge in [0.15, 0.2) is 0 Å². The molecule has 19 heavy (non-hydrogen) atoms. The van der Waals surface area contributed by atoms with Crippen molar-refractivity contribution < 1.29 is 4.79 Å².